The Balaban J connectivity index is 1.78. The number of nitrogens with one attached hydrogen (secondary N) is 3. The number of hydrogen-bond acceptors (Lipinski definition) is 9. The molecule has 1 aromatic heterocycles. The third-order valence-corrected chi connectivity index (χ3v) is 7.41. The number of allylic oxidation sites excluding steroid dienone is 2. The first-order valence-corrected chi connectivity index (χ1v) is 11.8. The molecule has 0 saturated carbocycles. The number of benzene rings is 2. The molecule has 0 amide bonds. The number of rotatable bonds is 8. The van der Waals surface area contributed by atoms with Crippen molar-refractivity contribution in [1.82, 2.24) is 15.4 Å². The van der Waals surface area contributed by atoms with Gasteiger partial charge in [0.25, 0.3) is 0 Å². The van der Waals surface area contributed by atoms with E-state index >= 15 is 0 Å². The normalized spacial score (nSPS) is 17.7. The van der Waals surface area contributed by atoms with Gasteiger partial charge >= 0.3 is 0 Å². The molecule has 0 saturated heterocycles. The van der Waals surface area contributed by atoms with Crippen LogP contribution in [0.15, 0.2) is 66.4 Å². The maximum atomic E-state index is 13.4. The quantitative estimate of drug-likeness (QED) is 0.354. The second-order valence-electron chi connectivity index (χ2n) is 7.87. The summed E-state index contributed by atoms with van der Waals surface area (Å²) in [5.41, 5.74) is 3.96. The standard InChI is InChI=1S/C23H25N5O5S/c1-23(10-6-7-15(14-23)27-29)34(30,31)28-22-21(25-19-8-4-5-9-20(19)26-22)24-16-11-17(32-2)13-18(12-16)33-3/h4-9,11-14,27,29H,10H2,1-3H3,(H,24,25)(H,26,28). The molecule has 4 rings (SSSR count). The Labute approximate surface area is 197 Å². The lowest BCUT2D eigenvalue weighted by atomic mass is 10.0. The number of para-hydroxylation sites is 2. The van der Waals surface area contributed by atoms with E-state index in [1.165, 1.54) is 20.3 Å². The zero-order chi connectivity index (χ0) is 24.3. The number of anilines is 3. The fourth-order valence-corrected chi connectivity index (χ4v) is 4.76. The summed E-state index contributed by atoms with van der Waals surface area (Å²) in [6, 6.07) is 12.3. The molecular formula is C23H25N5O5S. The summed E-state index contributed by atoms with van der Waals surface area (Å²) in [7, 11) is -0.933. The summed E-state index contributed by atoms with van der Waals surface area (Å²) >= 11 is 0. The van der Waals surface area contributed by atoms with Gasteiger partial charge in [0.2, 0.25) is 10.0 Å². The van der Waals surface area contributed by atoms with Crippen LogP contribution in [-0.4, -0.2) is 42.6 Å². The molecule has 0 radical (unpaired) electrons. The van der Waals surface area contributed by atoms with E-state index in [0.29, 0.717) is 28.2 Å². The highest BCUT2D eigenvalue weighted by atomic mass is 32.2. The Morgan fingerprint density at radius 1 is 1.00 bits per heavy atom. The van der Waals surface area contributed by atoms with Crippen molar-refractivity contribution in [1.29, 1.82) is 0 Å². The molecule has 34 heavy (non-hydrogen) atoms. The van der Waals surface area contributed by atoms with Crippen molar-refractivity contribution in [2.75, 3.05) is 24.3 Å². The summed E-state index contributed by atoms with van der Waals surface area (Å²) in [5, 5.41) is 12.4. The topological polar surface area (TPSA) is 135 Å². The molecular weight excluding hydrogens is 458 g/mol. The van der Waals surface area contributed by atoms with Crippen LogP contribution < -0.4 is 25.0 Å². The lowest BCUT2D eigenvalue weighted by Crippen LogP contribution is -2.40. The van der Waals surface area contributed by atoms with Crippen molar-refractivity contribution in [2.45, 2.75) is 18.1 Å². The average molecular weight is 484 g/mol. The molecule has 1 heterocycles. The molecule has 11 heteroatoms. The molecule has 1 aliphatic carbocycles. The number of fused-ring (bicyclic) bond motifs is 1. The molecule has 2 aromatic carbocycles. The summed E-state index contributed by atoms with van der Waals surface area (Å²) in [5.74, 6) is 1.34. The molecule has 4 N–H and O–H groups in total. The predicted octanol–water partition coefficient (Wildman–Crippen LogP) is 3.71. The Kier molecular flexibility index (Phi) is 6.31. The fraction of sp³-hybridized carbons (Fsp3) is 0.217. The number of hydrogen-bond donors (Lipinski definition) is 4. The number of hydroxylamine groups is 1. The van der Waals surface area contributed by atoms with Crippen LogP contribution >= 0.6 is 0 Å². The van der Waals surface area contributed by atoms with Gasteiger partial charge in [-0.2, -0.15) is 0 Å². The second kappa shape index (κ2) is 9.20. The maximum Gasteiger partial charge on any atom is 0.243 e. The van der Waals surface area contributed by atoms with Crippen LogP contribution in [0.2, 0.25) is 0 Å². The molecule has 10 nitrogen and oxygen atoms in total. The predicted molar refractivity (Wildman–Crippen MR) is 130 cm³/mol. The lowest BCUT2D eigenvalue weighted by molar-refractivity contribution is 0.203. The van der Waals surface area contributed by atoms with Gasteiger partial charge in [0.05, 0.1) is 31.0 Å². The highest BCUT2D eigenvalue weighted by molar-refractivity contribution is 7.94. The molecule has 1 unspecified atom stereocenters. The molecule has 0 bridgehead atoms. The number of methoxy groups -OCH3 is 2. The van der Waals surface area contributed by atoms with E-state index in [-0.39, 0.29) is 23.8 Å². The van der Waals surface area contributed by atoms with Crippen molar-refractivity contribution < 1.29 is 23.1 Å². The van der Waals surface area contributed by atoms with E-state index in [1.807, 2.05) is 11.5 Å². The zero-order valence-corrected chi connectivity index (χ0v) is 19.7. The SMILES string of the molecule is COc1cc(Nc2nc3ccccc3nc2NS(=O)(=O)C2(C)C=C(NO)C=CC2)cc(OC)c1. The van der Waals surface area contributed by atoms with E-state index in [4.69, 9.17) is 9.47 Å². The number of aromatic nitrogens is 2. The maximum absolute atomic E-state index is 13.4. The van der Waals surface area contributed by atoms with E-state index in [0.717, 1.165) is 0 Å². The van der Waals surface area contributed by atoms with Crippen LogP contribution in [0.3, 0.4) is 0 Å². The number of ether oxygens (including phenoxy) is 2. The first-order valence-electron chi connectivity index (χ1n) is 10.4. The van der Waals surface area contributed by atoms with Gasteiger partial charge in [-0.15, -0.1) is 0 Å². The third kappa shape index (κ3) is 4.61. The Hall–Kier alpha value is -3.83. The van der Waals surface area contributed by atoms with Gasteiger partial charge in [-0.05, 0) is 37.6 Å². The first-order chi connectivity index (χ1) is 16.3. The van der Waals surface area contributed by atoms with E-state index in [2.05, 4.69) is 20.0 Å². The largest absolute Gasteiger partial charge is 0.497 e. The van der Waals surface area contributed by atoms with Gasteiger partial charge in [-0.3, -0.25) is 15.4 Å². The minimum Gasteiger partial charge on any atom is -0.497 e. The smallest absolute Gasteiger partial charge is 0.243 e. The van der Waals surface area contributed by atoms with Crippen molar-refractivity contribution in [3.63, 3.8) is 0 Å². The van der Waals surface area contributed by atoms with Crippen LogP contribution in [0, 0.1) is 0 Å². The first kappa shape index (κ1) is 23.3. The Morgan fingerprint density at radius 2 is 1.62 bits per heavy atom. The fourth-order valence-electron chi connectivity index (χ4n) is 3.53. The summed E-state index contributed by atoms with van der Waals surface area (Å²) in [4.78, 5) is 9.13. The van der Waals surface area contributed by atoms with Crippen molar-refractivity contribution in [3.8, 4) is 11.5 Å². The summed E-state index contributed by atoms with van der Waals surface area (Å²) in [6.07, 6.45) is 4.94. The Bertz CT molecular complexity index is 1370. The minimum absolute atomic E-state index is 0.0307. The summed E-state index contributed by atoms with van der Waals surface area (Å²) < 4.78 is 38.8. The van der Waals surface area contributed by atoms with Crippen LogP contribution in [-0.2, 0) is 10.0 Å². The van der Waals surface area contributed by atoms with Gasteiger partial charge in [0, 0.05) is 23.9 Å². The average Bonchev–Trinajstić information content (AvgIpc) is 2.83. The molecule has 1 atom stereocenters. The van der Waals surface area contributed by atoms with Gasteiger partial charge in [0.15, 0.2) is 11.6 Å². The van der Waals surface area contributed by atoms with Crippen molar-refractivity contribution >= 4 is 38.4 Å². The summed E-state index contributed by atoms with van der Waals surface area (Å²) in [6.45, 7) is 1.56. The molecule has 0 aliphatic heterocycles. The van der Waals surface area contributed by atoms with E-state index in [1.54, 1.807) is 55.5 Å². The monoisotopic (exact) mass is 483 g/mol. The van der Waals surface area contributed by atoms with E-state index < -0.39 is 14.8 Å². The Morgan fingerprint density at radius 3 is 2.21 bits per heavy atom. The third-order valence-electron chi connectivity index (χ3n) is 5.44. The minimum atomic E-state index is -4.01. The van der Waals surface area contributed by atoms with Gasteiger partial charge in [-0.25, -0.2) is 18.4 Å². The van der Waals surface area contributed by atoms with Crippen LogP contribution in [0.4, 0.5) is 17.3 Å². The lowest BCUT2D eigenvalue weighted by Gasteiger charge is -2.28. The molecule has 3 aromatic rings. The van der Waals surface area contributed by atoms with Crippen LogP contribution in [0.1, 0.15) is 13.3 Å². The van der Waals surface area contributed by atoms with Gasteiger partial charge in [0.1, 0.15) is 16.2 Å². The highest BCUT2D eigenvalue weighted by Crippen LogP contribution is 2.34. The number of sulfonamides is 1. The zero-order valence-electron chi connectivity index (χ0n) is 18.9. The molecule has 178 valence electrons. The van der Waals surface area contributed by atoms with E-state index in [9.17, 15) is 13.6 Å². The molecule has 0 spiro atoms. The van der Waals surface area contributed by atoms with Gasteiger partial charge < -0.3 is 14.8 Å². The molecule has 0 fully saturated rings. The van der Waals surface area contributed by atoms with Crippen LogP contribution in [0.5, 0.6) is 11.5 Å². The van der Waals surface area contributed by atoms with Crippen molar-refractivity contribution in [3.05, 3.63) is 66.4 Å². The highest BCUT2D eigenvalue weighted by Gasteiger charge is 2.39. The molecule has 1 aliphatic rings. The second-order valence-corrected chi connectivity index (χ2v) is 10.0. The van der Waals surface area contributed by atoms with Crippen LogP contribution in [0.25, 0.3) is 11.0 Å². The van der Waals surface area contributed by atoms with Gasteiger partial charge in [-0.1, -0.05) is 18.2 Å². The van der Waals surface area contributed by atoms with Crippen molar-refractivity contribution in [2.24, 2.45) is 0 Å². The number of nitrogens with zero attached hydrogens (tertiary/aromatic N) is 2.